The van der Waals surface area contributed by atoms with E-state index in [4.69, 9.17) is 0 Å². The van der Waals surface area contributed by atoms with Crippen LogP contribution in [0.1, 0.15) is 69.1 Å². The summed E-state index contributed by atoms with van der Waals surface area (Å²) < 4.78 is 0. The Morgan fingerprint density at radius 1 is 0.508 bits per heavy atom. The van der Waals surface area contributed by atoms with E-state index in [1.807, 2.05) is 86.5 Å². The molecule has 0 aliphatic carbocycles. The van der Waals surface area contributed by atoms with Crippen LogP contribution in [-0.4, -0.2) is 120 Å². The van der Waals surface area contributed by atoms with E-state index >= 15 is 0 Å². The number of rotatable bonds is 30. The molecule has 0 saturated carbocycles. The van der Waals surface area contributed by atoms with Crippen molar-refractivity contribution >= 4 is 94.8 Å². The summed E-state index contributed by atoms with van der Waals surface area (Å²) in [6.07, 6.45) is 12.4. The van der Waals surface area contributed by atoms with Gasteiger partial charge in [0.2, 0.25) is 23.6 Å². The molecular formula is C45H66N4O8S4. The molecule has 12 nitrogen and oxygen atoms in total. The first-order chi connectivity index (χ1) is 29.2. The molecule has 0 saturated heterocycles. The van der Waals surface area contributed by atoms with Crippen LogP contribution in [0.3, 0.4) is 0 Å². The third-order valence-electron chi connectivity index (χ3n) is 9.51. The van der Waals surface area contributed by atoms with Crippen molar-refractivity contribution in [2.45, 2.75) is 96.3 Å². The first kappa shape index (κ1) is 55.4. The van der Waals surface area contributed by atoms with Crippen molar-refractivity contribution in [2.75, 3.05) is 48.0 Å². The van der Waals surface area contributed by atoms with Gasteiger partial charge in [0.25, 0.3) is 0 Å². The molecule has 0 bridgehead atoms. The minimum Gasteiger partial charge on any atom is -0.345 e. The van der Waals surface area contributed by atoms with Crippen molar-refractivity contribution in [2.24, 2.45) is 11.8 Å². The molecule has 0 unspecified atom stereocenters. The number of aldehydes is 2. The van der Waals surface area contributed by atoms with Gasteiger partial charge >= 0.3 is 0 Å². The van der Waals surface area contributed by atoms with Gasteiger partial charge in [-0.3, -0.25) is 28.8 Å². The van der Waals surface area contributed by atoms with Crippen LogP contribution in [-0.2, 0) is 51.2 Å². The largest absolute Gasteiger partial charge is 0.345 e. The van der Waals surface area contributed by atoms with Crippen molar-refractivity contribution in [3.8, 4) is 0 Å². The fourth-order valence-electron chi connectivity index (χ4n) is 6.22. The number of ketones is 2. The number of aryl methyl sites for hydroxylation is 1. The summed E-state index contributed by atoms with van der Waals surface area (Å²) in [5, 5.41) is 11.0. The molecule has 4 amide bonds. The maximum absolute atomic E-state index is 13.0. The van der Waals surface area contributed by atoms with Gasteiger partial charge in [-0.05, 0) is 105 Å². The highest BCUT2D eigenvalue weighted by atomic mass is 32.2. The molecule has 16 heteroatoms. The zero-order valence-electron chi connectivity index (χ0n) is 36.7. The first-order valence-electron chi connectivity index (χ1n) is 20.4. The van der Waals surface area contributed by atoms with Crippen molar-refractivity contribution in [1.82, 2.24) is 21.3 Å². The maximum atomic E-state index is 13.0. The molecule has 0 aliphatic rings. The highest BCUT2D eigenvalue weighted by Gasteiger charge is 2.29. The Hall–Kier alpha value is -3.60. The quantitative estimate of drug-likeness (QED) is 0.0743. The average Bonchev–Trinajstić information content (AvgIpc) is 3.24. The van der Waals surface area contributed by atoms with Crippen molar-refractivity contribution in [1.29, 1.82) is 0 Å². The Bertz CT molecular complexity index is 1650. The Kier molecular flexibility index (Phi) is 30.0. The van der Waals surface area contributed by atoms with E-state index in [9.17, 15) is 38.4 Å². The summed E-state index contributed by atoms with van der Waals surface area (Å²) in [4.78, 5) is 97.6. The lowest BCUT2D eigenvalue weighted by Gasteiger charge is -2.23. The van der Waals surface area contributed by atoms with Gasteiger partial charge in [0, 0.05) is 38.5 Å². The highest BCUT2D eigenvalue weighted by Crippen LogP contribution is 2.17. The molecule has 0 fully saturated rings. The summed E-state index contributed by atoms with van der Waals surface area (Å²) >= 11 is 6.35. The van der Waals surface area contributed by atoms with Crippen LogP contribution in [0.2, 0.25) is 0 Å². The minimum atomic E-state index is -0.677. The molecule has 2 aromatic rings. The van der Waals surface area contributed by atoms with Gasteiger partial charge in [-0.25, -0.2) is 0 Å². The topological polar surface area (TPSA) is 185 Å². The van der Waals surface area contributed by atoms with Gasteiger partial charge in [0.05, 0.1) is 12.1 Å². The molecule has 61 heavy (non-hydrogen) atoms. The predicted molar refractivity (Wildman–Crippen MR) is 254 cm³/mol. The van der Waals surface area contributed by atoms with Crippen LogP contribution in [0.4, 0.5) is 0 Å². The van der Waals surface area contributed by atoms with Crippen LogP contribution in [0, 0.1) is 18.8 Å². The fourth-order valence-corrected chi connectivity index (χ4v) is 8.11. The summed E-state index contributed by atoms with van der Waals surface area (Å²) in [6, 6.07) is 14.8. The SMILES string of the molecule is CSCC[C@H](NC(=O)[C@H](CCSC)NC(C)=O)C(=O)C[C@H](C=O)Cc1ccc(C)cc1.CSCC[C@H](NC(=O)[C@H](CCSC)NC(C)=O)C(=O)C[C@H](C=O)Cc1ccccc1. The summed E-state index contributed by atoms with van der Waals surface area (Å²) in [5.41, 5.74) is 3.13. The second-order valence-corrected chi connectivity index (χ2v) is 18.7. The van der Waals surface area contributed by atoms with Gasteiger partial charge in [0.15, 0.2) is 11.6 Å². The molecule has 0 aromatic heterocycles. The molecule has 0 heterocycles. The van der Waals surface area contributed by atoms with Crippen LogP contribution in [0.25, 0.3) is 0 Å². The van der Waals surface area contributed by atoms with Gasteiger partial charge in [-0.15, -0.1) is 0 Å². The molecule has 0 spiro atoms. The number of amides is 4. The van der Waals surface area contributed by atoms with Gasteiger partial charge in [0.1, 0.15) is 24.7 Å². The van der Waals surface area contributed by atoms with Gasteiger partial charge in [-0.1, -0.05) is 60.2 Å². The van der Waals surface area contributed by atoms with Gasteiger partial charge < -0.3 is 30.9 Å². The number of nitrogens with one attached hydrogen (secondary N) is 4. The maximum Gasteiger partial charge on any atom is 0.243 e. The zero-order valence-corrected chi connectivity index (χ0v) is 40.0. The minimum absolute atomic E-state index is 0.0757. The third kappa shape index (κ3) is 24.6. The number of Topliss-reactive ketones (excluding diaryl/α,β-unsaturated/α-hetero) is 2. The summed E-state index contributed by atoms with van der Waals surface area (Å²) in [7, 11) is 0. The van der Waals surface area contributed by atoms with E-state index in [-0.39, 0.29) is 48.0 Å². The standard InChI is InChI=1S/C23H34N2O4S2.C22H32N2O4S2/c1-16-5-7-18(8-6-16)13-19(15-26)14-22(28)20(9-11-30-3)25-23(29)21(10-12-31-4)24-17(2)27;1-16(26)23-20(10-12-30-3)22(28)24-19(9-11-29-2)21(27)14-18(15-25)13-17-7-5-4-6-8-17/h5-8,15,19-21H,9-14H2,1-4H3,(H,24,27)(H,25,29);4-8,15,18-20H,9-14H2,1-3H3,(H,23,26)(H,24,28)/t19-,20+,21+;18-,19+,20+/m11/s1. The number of carbonyl (C=O) groups is 8. The smallest absolute Gasteiger partial charge is 0.243 e. The van der Waals surface area contributed by atoms with Crippen molar-refractivity contribution in [3.63, 3.8) is 0 Å². The fraction of sp³-hybridized carbons (Fsp3) is 0.556. The Morgan fingerprint density at radius 3 is 1.18 bits per heavy atom. The van der Waals surface area contributed by atoms with E-state index in [0.29, 0.717) is 61.5 Å². The first-order valence-corrected chi connectivity index (χ1v) is 25.9. The van der Waals surface area contributed by atoms with Crippen LogP contribution in [0.15, 0.2) is 54.6 Å². The molecular weight excluding hydrogens is 853 g/mol. The van der Waals surface area contributed by atoms with E-state index < -0.39 is 36.0 Å². The van der Waals surface area contributed by atoms with E-state index in [0.717, 1.165) is 29.3 Å². The molecule has 338 valence electrons. The van der Waals surface area contributed by atoms with Crippen LogP contribution in [0.5, 0.6) is 0 Å². The number of hydrogen-bond donors (Lipinski definition) is 4. The zero-order chi connectivity index (χ0) is 45.6. The third-order valence-corrected chi connectivity index (χ3v) is 12.1. The number of carbonyl (C=O) groups excluding carboxylic acids is 8. The van der Waals surface area contributed by atoms with E-state index in [2.05, 4.69) is 21.3 Å². The second kappa shape index (κ2) is 33.0. The molecule has 0 radical (unpaired) electrons. The Morgan fingerprint density at radius 2 is 0.852 bits per heavy atom. The van der Waals surface area contributed by atoms with Crippen molar-refractivity contribution < 1.29 is 38.4 Å². The Balaban J connectivity index is 0.000000610. The Labute approximate surface area is 380 Å². The normalized spacial score (nSPS) is 13.7. The molecule has 4 N–H and O–H groups in total. The van der Waals surface area contributed by atoms with Crippen LogP contribution < -0.4 is 21.3 Å². The van der Waals surface area contributed by atoms with Gasteiger partial charge in [-0.2, -0.15) is 47.0 Å². The molecule has 0 aliphatic heterocycles. The highest BCUT2D eigenvalue weighted by molar-refractivity contribution is 7.99. The van der Waals surface area contributed by atoms with Crippen LogP contribution >= 0.6 is 47.0 Å². The number of benzene rings is 2. The lowest BCUT2D eigenvalue weighted by Crippen LogP contribution is -2.51. The monoisotopic (exact) mass is 918 g/mol. The average molecular weight is 919 g/mol. The lowest BCUT2D eigenvalue weighted by molar-refractivity contribution is -0.131. The lowest BCUT2D eigenvalue weighted by atomic mass is 9.92. The number of thioether (sulfide) groups is 4. The van der Waals surface area contributed by atoms with Crippen molar-refractivity contribution in [3.05, 3.63) is 71.3 Å². The summed E-state index contributed by atoms with van der Waals surface area (Å²) in [6.45, 7) is 4.74. The summed E-state index contributed by atoms with van der Waals surface area (Å²) in [5.74, 6) is 0.371. The molecule has 2 aromatic carbocycles. The number of hydrogen-bond acceptors (Lipinski definition) is 12. The molecule has 2 rings (SSSR count). The van der Waals surface area contributed by atoms with E-state index in [1.54, 1.807) is 47.0 Å². The van der Waals surface area contributed by atoms with E-state index in [1.165, 1.54) is 13.8 Å². The second-order valence-electron chi connectivity index (χ2n) is 14.8. The molecule has 6 atom stereocenters. The predicted octanol–water partition coefficient (Wildman–Crippen LogP) is 5.31.